The Bertz CT molecular complexity index is 1210. The highest BCUT2D eigenvalue weighted by Gasteiger charge is 2.28. The predicted octanol–water partition coefficient (Wildman–Crippen LogP) is 2.58. The zero-order valence-corrected chi connectivity index (χ0v) is 19.1. The molecule has 2 aromatic heterocycles. The van der Waals surface area contributed by atoms with Crippen LogP contribution in [0.1, 0.15) is 43.5 Å². The van der Waals surface area contributed by atoms with Crippen molar-refractivity contribution >= 4 is 21.6 Å². The van der Waals surface area contributed by atoms with Gasteiger partial charge in [-0.3, -0.25) is 4.79 Å². The van der Waals surface area contributed by atoms with Crippen molar-refractivity contribution < 1.29 is 17.7 Å². The van der Waals surface area contributed by atoms with Crippen molar-refractivity contribution in [2.45, 2.75) is 63.9 Å². The molecule has 0 radical (unpaired) electrons. The summed E-state index contributed by atoms with van der Waals surface area (Å²) in [5.41, 5.74) is 1.71. The number of anilines is 1. The quantitative estimate of drug-likeness (QED) is 0.580. The van der Waals surface area contributed by atoms with Crippen LogP contribution in [0.4, 0.5) is 5.69 Å². The van der Waals surface area contributed by atoms with Gasteiger partial charge in [0.2, 0.25) is 15.9 Å². The molecule has 0 aliphatic carbocycles. The van der Waals surface area contributed by atoms with Crippen LogP contribution in [0.15, 0.2) is 33.7 Å². The van der Waals surface area contributed by atoms with Crippen molar-refractivity contribution in [3.8, 4) is 11.4 Å². The summed E-state index contributed by atoms with van der Waals surface area (Å²) in [6.07, 6.45) is 4.35. The molecule has 3 aromatic rings. The molecule has 170 valence electrons. The molecule has 1 aliphatic rings. The highest BCUT2D eigenvalue weighted by Crippen LogP contribution is 2.24. The number of carbonyl (C=O) groups is 1. The number of benzene rings is 1. The Morgan fingerprint density at radius 3 is 2.56 bits per heavy atom. The van der Waals surface area contributed by atoms with Crippen LogP contribution < -0.4 is 10.0 Å². The van der Waals surface area contributed by atoms with Crippen LogP contribution in [0.2, 0.25) is 0 Å². The summed E-state index contributed by atoms with van der Waals surface area (Å²) < 4.78 is 34.7. The first-order valence-electron chi connectivity index (χ1n) is 10.5. The lowest BCUT2D eigenvalue weighted by Crippen LogP contribution is -2.41. The third-order valence-corrected chi connectivity index (χ3v) is 7.27. The number of nitrogens with one attached hydrogen (secondary N) is 2. The van der Waals surface area contributed by atoms with E-state index in [1.54, 1.807) is 12.1 Å². The van der Waals surface area contributed by atoms with Crippen molar-refractivity contribution in [2.24, 2.45) is 0 Å². The van der Waals surface area contributed by atoms with Gasteiger partial charge in [-0.05, 0) is 57.9 Å². The molecule has 4 rings (SSSR count). The molecule has 0 fully saturated rings. The Hall–Kier alpha value is -3.05. The van der Waals surface area contributed by atoms with Crippen molar-refractivity contribution in [1.82, 2.24) is 24.6 Å². The van der Waals surface area contributed by atoms with Gasteiger partial charge < -0.3 is 14.4 Å². The number of hydrogen-bond acceptors (Lipinski definition) is 7. The molecule has 1 aromatic carbocycles. The lowest BCUT2D eigenvalue weighted by atomic mass is 10.2. The minimum Gasteiger partial charge on any atom is -0.360 e. The summed E-state index contributed by atoms with van der Waals surface area (Å²) in [6, 6.07) is 6.27. The summed E-state index contributed by atoms with van der Waals surface area (Å²) in [4.78, 5) is 12.5. The number of carbonyl (C=O) groups excluding carboxylic acids is 1. The normalized spacial score (nSPS) is 15.1. The summed E-state index contributed by atoms with van der Waals surface area (Å²) in [5.74, 6) is 1.52. The Morgan fingerprint density at radius 1 is 1.12 bits per heavy atom. The smallest absolute Gasteiger partial charge is 0.246 e. The molecule has 2 N–H and O–H groups in total. The van der Waals surface area contributed by atoms with Crippen LogP contribution >= 0.6 is 0 Å². The Balaban J connectivity index is 1.43. The number of hydrogen-bond donors (Lipinski definition) is 2. The number of aryl methyl sites for hydroxylation is 3. The van der Waals surface area contributed by atoms with Gasteiger partial charge in [0.05, 0.1) is 6.04 Å². The molecular weight excluding hydrogens is 432 g/mol. The molecule has 1 aliphatic heterocycles. The second-order valence-electron chi connectivity index (χ2n) is 7.97. The second kappa shape index (κ2) is 8.83. The fourth-order valence-corrected chi connectivity index (χ4v) is 5.39. The number of amides is 1. The Morgan fingerprint density at radius 2 is 1.88 bits per heavy atom. The van der Waals surface area contributed by atoms with E-state index in [-0.39, 0.29) is 16.3 Å². The summed E-state index contributed by atoms with van der Waals surface area (Å²) in [5, 5.41) is 15.1. The van der Waals surface area contributed by atoms with Crippen LogP contribution in [-0.2, 0) is 27.8 Å². The highest BCUT2D eigenvalue weighted by molar-refractivity contribution is 7.89. The molecule has 1 atom stereocenters. The Kier molecular flexibility index (Phi) is 6.11. The molecule has 0 saturated heterocycles. The van der Waals surface area contributed by atoms with Gasteiger partial charge in [-0.15, -0.1) is 10.2 Å². The van der Waals surface area contributed by atoms with E-state index >= 15 is 0 Å². The maximum atomic E-state index is 12.6. The third-order valence-electron chi connectivity index (χ3n) is 5.48. The molecule has 1 amide bonds. The van der Waals surface area contributed by atoms with Crippen LogP contribution in [0.5, 0.6) is 0 Å². The highest BCUT2D eigenvalue weighted by atomic mass is 32.2. The molecule has 10 nitrogen and oxygen atoms in total. The first-order chi connectivity index (χ1) is 15.3. The fraction of sp³-hybridized carbons (Fsp3) is 0.429. The first kappa shape index (κ1) is 22.2. The summed E-state index contributed by atoms with van der Waals surface area (Å²) >= 11 is 0. The SMILES string of the molecule is Cc1noc(C)c1S(=O)(=O)N[C@H](C)C(=O)Nc1ccc(-c2nnc3n2CCCCC3)cc1. The van der Waals surface area contributed by atoms with E-state index in [4.69, 9.17) is 4.52 Å². The summed E-state index contributed by atoms with van der Waals surface area (Å²) in [6.45, 7) is 5.42. The largest absolute Gasteiger partial charge is 0.360 e. The van der Waals surface area contributed by atoms with Crippen molar-refractivity contribution in [3.63, 3.8) is 0 Å². The van der Waals surface area contributed by atoms with E-state index in [1.165, 1.54) is 27.2 Å². The van der Waals surface area contributed by atoms with E-state index in [0.29, 0.717) is 5.69 Å². The van der Waals surface area contributed by atoms with Crippen molar-refractivity contribution in [2.75, 3.05) is 5.32 Å². The second-order valence-corrected chi connectivity index (χ2v) is 9.62. The lowest BCUT2D eigenvalue weighted by molar-refractivity contribution is -0.117. The van der Waals surface area contributed by atoms with Crippen LogP contribution in [0, 0.1) is 13.8 Å². The number of rotatable bonds is 6. The van der Waals surface area contributed by atoms with Crippen molar-refractivity contribution in [1.29, 1.82) is 0 Å². The standard InChI is InChI=1S/C21H26N6O4S/c1-13-19(15(3)31-25-13)32(29,30)26-14(2)21(28)22-17-10-8-16(9-11-17)20-24-23-18-7-5-4-6-12-27(18)20/h8-11,14,26H,4-7,12H2,1-3H3,(H,22,28)/t14-/m1/s1. The molecule has 3 heterocycles. The minimum absolute atomic E-state index is 0.0473. The maximum Gasteiger partial charge on any atom is 0.246 e. The van der Waals surface area contributed by atoms with Gasteiger partial charge in [0.25, 0.3) is 0 Å². The number of sulfonamides is 1. The molecule has 0 spiro atoms. The van der Waals surface area contributed by atoms with E-state index in [2.05, 4.69) is 30.0 Å². The topological polar surface area (TPSA) is 132 Å². The van der Waals surface area contributed by atoms with Gasteiger partial charge >= 0.3 is 0 Å². The van der Waals surface area contributed by atoms with E-state index in [1.807, 2.05) is 12.1 Å². The first-order valence-corrected chi connectivity index (χ1v) is 12.0. The van der Waals surface area contributed by atoms with Gasteiger partial charge in [0.1, 0.15) is 16.4 Å². The van der Waals surface area contributed by atoms with Gasteiger partial charge in [-0.2, -0.15) is 4.72 Å². The third kappa shape index (κ3) is 4.44. The van der Waals surface area contributed by atoms with Crippen molar-refractivity contribution in [3.05, 3.63) is 41.5 Å². The number of nitrogens with zero attached hydrogens (tertiary/aromatic N) is 4. The molecule has 0 bridgehead atoms. The Labute approximate surface area is 186 Å². The molecule has 0 saturated carbocycles. The van der Waals surface area contributed by atoms with Crippen LogP contribution in [0.3, 0.4) is 0 Å². The number of aromatic nitrogens is 4. The molecular formula is C21H26N6O4S. The van der Waals surface area contributed by atoms with E-state index in [0.717, 1.165) is 43.0 Å². The van der Waals surface area contributed by atoms with E-state index in [9.17, 15) is 13.2 Å². The summed E-state index contributed by atoms with van der Waals surface area (Å²) in [7, 11) is -3.95. The average Bonchev–Trinajstić information content (AvgIpc) is 3.22. The molecule has 11 heteroatoms. The monoisotopic (exact) mass is 458 g/mol. The van der Waals surface area contributed by atoms with E-state index < -0.39 is 22.0 Å². The average molecular weight is 459 g/mol. The van der Waals surface area contributed by atoms with Gasteiger partial charge in [0.15, 0.2) is 11.6 Å². The molecule has 0 unspecified atom stereocenters. The van der Waals surface area contributed by atoms with Crippen LogP contribution in [0.25, 0.3) is 11.4 Å². The van der Waals surface area contributed by atoms with Gasteiger partial charge in [-0.1, -0.05) is 11.6 Å². The minimum atomic E-state index is -3.95. The lowest BCUT2D eigenvalue weighted by Gasteiger charge is -2.14. The fourth-order valence-electron chi connectivity index (χ4n) is 3.86. The van der Waals surface area contributed by atoms with Gasteiger partial charge in [-0.25, -0.2) is 8.42 Å². The zero-order valence-electron chi connectivity index (χ0n) is 18.3. The predicted molar refractivity (Wildman–Crippen MR) is 117 cm³/mol. The molecule has 32 heavy (non-hydrogen) atoms. The van der Waals surface area contributed by atoms with Crippen LogP contribution in [-0.4, -0.2) is 40.3 Å². The number of fused-ring (bicyclic) bond motifs is 1. The maximum absolute atomic E-state index is 12.6. The van der Waals surface area contributed by atoms with Gasteiger partial charge in [0, 0.05) is 24.2 Å². The zero-order chi connectivity index (χ0) is 22.9.